The lowest BCUT2D eigenvalue weighted by Crippen LogP contribution is -2.53. The summed E-state index contributed by atoms with van der Waals surface area (Å²) in [5.74, 6) is -1.02. The largest absolute Gasteiger partial charge is 0.369 e. The van der Waals surface area contributed by atoms with Crippen molar-refractivity contribution in [3.63, 3.8) is 0 Å². The van der Waals surface area contributed by atoms with Crippen LogP contribution in [0, 0.1) is 6.92 Å². The van der Waals surface area contributed by atoms with Gasteiger partial charge in [-0.25, -0.2) is 8.42 Å². The van der Waals surface area contributed by atoms with Crippen LogP contribution in [0.4, 0.5) is 5.69 Å². The third-order valence-corrected chi connectivity index (χ3v) is 7.14. The van der Waals surface area contributed by atoms with Gasteiger partial charge in [0.05, 0.1) is 0 Å². The van der Waals surface area contributed by atoms with E-state index < -0.39 is 27.2 Å². The highest BCUT2D eigenvalue weighted by atomic mass is 32.2. The summed E-state index contributed by atoms with van der Waals surface area (Å²) in [4.78, 5) is 14.3. The van der Waals surface area contributed by atoms with Crippen molar-refractivity contribution in [1.82, 2.24) is 9.62 Å². The van der Waals surface area contributed by atoms with Crippen molar-refractivity contribution in [2.75, 3.05) is 43.4 Å². The Morgan fingerprint density at radius 2 is 1.81 bits per heavy atom. The number of nitrogens with one attached hydrogen (secondary N) is 1. The van der Waals surface area contributed by atoms with Crippen LogP contribution in [0.5, 0.6) is 0 Å². The molecule has 0 aromatic heterocycles. The molecule has 0 spiro atoms. The Balaban J connectivity index is 1.88. The van der Waals surface area contributed by atoms with Gasteiger partial charge in [-0.05, 0) is 37.5 Å². The summed E-state index contributed by atoms with van der Waals surface area (Å²) in [7, 11) is -3.62. The first-order valence-corrected chi connectivity index (χ1v) is 11.1. The summed E-state index contributed by atoms with van der Waals surface area (Å²) in [6.45, 7) is 8.23. The fourth-order valence-electron chi connectivity index (χ4n) is 3.13. The first-order valence-electron chi connectivity index (χ1n) is 9.54. The molecular formula is C19H32N4O3S. The number of sulfonamides is 1. The van der Waals surface area contributed by atoms with Crippen LogP contribution in [0.3, 0.4) is 0 Å². The van der Waals surface area contributed by atoms with Crippen molar-refractivity contribution in [2.45, 2.75) is 39.2 Å². The van der Waals surface area contributed by atoms with Crippen molar-refractivity contribution < 1.29 is 13.2 Å². The number of nitrogens with zero attached hydrogens (tertiary/aromatic N) is 2. The average Bonchev–Trinajstić information content (AvgIpc) is 2.66. The maximum absolute atomic E-state index is 12.6. The standard InChI is InChI=1S/C19H32N4O3S/c1-4-19(20,5-2)15-21-18(24)14-27(25,26)23-11-9-22(10-12-23)17-8-6-7-16(3)13-17/h6-8,13H,4-5,9-12,14-15,20H2,1-3H3,(H,21,24). The van der Waals surface area contributed by atoms with Gasteiger partial charge in [-0.2, -0.15) is 4.31 Å². The molecular weight excluding hydrogens is 364 g/mol. The van der Waals surface area contributed by atoms with E-state index in [9.17, 15) is 13.2 Å². The first-order chi connectivity index (χ1) is 12.7. The highest BCUT2D eigenvalue weighted by Crippen LogP contribution is 2.19. The summed E-state index contributed by atoms with van der Waals surface area (Å²) in [6, 6.07) is 8.17. The normalized spacial score (nSPS) is 16.4. The molecule has 1 amide bonds. The van der Waals surface area contributed by atoms with Crippen molar-refractivity contribution in [2.24, 2.45) is 5.73 Å². The first kappa shape index (κ1) is 21.7. The minimum Gasteiger partial charge on any atom is -0.369 e. The zero-order chi connectivity index (χ0) is 20.1. The van der Waals surface area contributed by atoms with Crippen LogP contribution in [0.2, 0.25) is 0 Å². The van der Waals surface area contributed by atoms with Crippen LogP contribution >= 0.6 is 0 Å². The molecule has 2 rings (SSSR count). The van der Waals surface area contributed by atoms with Crippen molar-refractivity contribution in [3.05, 3.63) is 29.8 Å². The van der Waals surface area contributed by atoms with Crippen molar-refractivity contribution in [3.8, 4) is 0 Å². The minimum absolute atomic E-state index is 0.287. The molecule has 0 unspecified atom stereocenters. The lowest BCUT2D eigenvalue weighted by molar-refractivity contribution is -0.118. The summed E-state index contributed by atoms with van der Waals surface area (Å²) in [5, 5.41) is 2.68. The molecule has 1 heterocycles. The number of benzene rings is 1. The van der Waals surface area contributed by atoms with Gasteiger partial charge in [0.15, 0.2) is 0 Å². The summed E-state index contributed by atoms with van der Waals surface area (Å²) < 4.78 is 26.6. The molecule has 27 heavy (non-hydrogen) atoms. The van der Waals surface area contributed by atoms with Crippen LogP contribution in [0.25, 0.3) is 0 Å². The summed E-state index contributed by atoms with van der Waals surface area (Å²) in [6.07, 6.45) is 1.44. The van der Waals surface area contributed by atoms with Crippen LogP contribution in [-0.4, -0.2) is 62.6 Å². The molecule has 8 heteroatoms. The van der Waals surface area contributed by atoms with Crippen LogP contribution in [-0.2, 0) is 14.8 Å². The van der Waals surface area contributed by atoms with Gasteiger partial charge in [0.1, 0.15) is 5.75 Å². The Labute approximate surface area is 163 Å². The Bertz CT molecular complexity index is 739. The predicted molar refractivity (Wildman–Crippen MR) is 109 cm³/mol. The molecule has 1 aliphatic rings. The molecule has 152 valence electrons. The van der Waals surface area contributed by atoms with E-state index in [0.29, 0.717) is 26.2 Å². The van der Waals surface area contributed by atoms with Crippen molar-refractivity contribution in [1.29, 1.82) is 0 Å². The van der Waals surface area contributed by atoms with E-state index in [1.807, 2.05) is 39.0 Å². The number of rotatable bonds is 8. The number of carbonyl (C=O) groups is 1. The molecule has 0 aliphatic carbocycles. The van der Waals surface area contributed by atoms with E-state index in [1.165, 1.54) is 9.87 Å². The minimum atomic E-state index is -3.62. The van der Waals surface area contributed by atoms with Crippen molar-refractivity contribution >= 4 is 21.6 Å². The number of nitrogens with two attached hydrogens (primary N) is 1. The quantitative estimate of drug-likeness (QED) is 0.686. The molecule has 0 bridgehead atoms. The van der Waals surface area contributed by atoms with Gasteiger partial charge in [-0.3, -0.25) is 4.79 Å². The molecule has 1 saturated heterocycles. The Morgan fingerprint density at radius 1 is 1.19 bits per heavy atom. The Hall–Kier alpha value is -1.64. The zero-order valence-corrected chi connectivity index (χ0v) is 17.4. The van der Waals surface area contributed by atoms with Gasteiger partial charge in [0.2, 0.25) is 15.9 Å². The van der Waals surface area contributed by atoms with E-state index >= 15 is 0 Å². The number of aryl methyl sites for hydroxylation is 1. The number of carbonyl (C=O) groups excluding carboxylic acids is 1. The fourth-order valence-corrected chi connectivity index (χ4v) is 4.47. The topological polar surface area (TPSA) is 95.7 Å². The molecule has 3 N–H and O–H groups in total. The van der Waals surface area contributed by atoms with Crippen LogP contribution in [0.1, 0.15) is 32.3 Å². The second kappa shape index (κ2) is 9.03. The SMILES string of the molecule is CCC(N)(CC)CNC(=O)CS(=O)(=O)N1CCN(c2cccc(C)c2)CC1. The Morgan fingerprint density at radius 3 is 2.37 bits per heavy atom. The molecule has 1 aromatic carbocycles. The number of amides is 1. The van der Waals surface area contributed by atoms with Gasteiger partial charge < -0.3 is 16.0 Å². The van der Waals surface area contributed by atoms with Crippen LogP contribution < -0.4 is 16.0 Å². The molecule has 1 aliphatic heterocycles. The highest BCUT2D eigenvalue weighted by molar-refractivity contribution is 7.89. The monoisotopic (exact) mass is 396 g/mol. The van der Waals surface area contributed by atoms with Crippen LogP contribution in [0.15, 0.2) is 24.3 Å². The lowest BCUT2D eigenvalue weighted by Gasteiger charge is -2.35. The van der Waals surface area contributed by atoms with Gasteiger partial charge >= 0.3 is 0 Å². The summed E-state index contributed by atoms with van der Waals surface area (Å²) in [5.41, 5.74) is 7.94. The number of anilines is 1. The second-order valence-corrected chi connectivity index (χ2v) is 9.30. The van der Waals surface area contributed by atoms with Gasteiger partial charge in [-0.15, -0.1) is 0 Å². The van der Waals surface area contributed by atoms with E-state index in [-0.39, 0.29) is 6.54 Å². The maximum atomic E-state index is 12.6. The molecule has 0 atom stereocenters. The predicted octanol–water partition coefficient (Wildman–Crippen LogP) is 1.08. The van der Waals surface area contributed by atoms with E-state index in [0.717, 1.165) is 18.5 Å². The third-order valence-electron chi connectivity index (χ3n) is 5.36. The van der Waals surface area contributed by atoms with E-state index in [4.69, 9.17) is 5.73 Å². The van der Waals surface area contributed by atoms with E-state index in [1.54, 1.807) is 0 Å². The lowest BCUT2D eigenvalue weighted by atomic mass is 9.94. The highest BCUT2D eigenvalue weighted by Gasteiger charge is 2.30. The molecule has 1 fully saturated rings. The number of piperazine rings is 1. The van der Waals surface area contributed by atoms with Gasteiger partial charge in [-0.1, -0.05) is 26.0 Å². The molecule has 7 nitrogen and oxygen atoms in total. The number of hydrogen-bond acceptors (Lipinski definition) is 5. The molecule has 0 radical (unpaired) electrons. The average molecular weight is 397 g/mol. The maximum Gasteiger partial charge on any atom is 0.236 e. The second-order valence-electron chi connectivity index (χ2n) is 7.33. The molecule has 0 saturated carbocycles. The smallest absolute Gasteiger partial charge is 0.236 e. The third kappa shape index (κ3) is 5.92. The fraction of sp³-hybridized carbons (Fsp3) is 0.632. The molecule has 1 aromatic rings. The summed E-state index contributed by atoms with van der Waals surface area (Å²) >= 11 is 0. The zero-order valence-electron chi connectivity index (χ0n) is 16.6. The number of hydrogen-bond donors (Lipinski definition) is 2. The Kier molecular flexibility index (Phi) is 7.25. The van der Waals surface area contributed by atoms with Gasteiger partial charge in [0, 0.05) is 44.0 Å². The van der Waals surface area contributed by atoms with Gasteiger partial charge in [0.25, 0.3) is 0 Å². The van der Waals surface area contributed by atoms with E-state index in [2.05, 4.69) is 16.3 Å².